The van der Waals surface area contributed by atoms with Gasteiger partial charge in [-0.2, -0.15) is 0 Å². The van der Waals surface area contributed by atoms with E-state index in [0.29, 0.717) is 0 Å². The first-order chi connectivity index (χ1) is 10.2. The average molecular weight is 296 g/mol. The van der Waals surface area contributed by atoms with Crippen LogP contribution in [-0.4, -0.2) is 25.0 Å². The van der Waals surface area contributed by atoms with Gasteiger partial charge in [-0.25, -0.2) is 0 Å². The summed E-state index contributed by atoms with van der Waals surface area (Å²) in [6, 6.07) is 0.859. The third kappa shape index (κ3) is 7.68. The molecule has 1 nitrogen and oxygen atoms in total. The van der Waals surface area contributed by atoms with Crippen LogP contribution in [0, 0.1) is 11.8 Å². The van der Waals surface area contributed by atoms with Crippen molar-refractivity contribution in [3.63, 3.8) is 0 Å². The molecule has 0 amide bonds. The number of rotatable bonds is 11. The molecule has 126 valence electrons. The van der Waals surface area contributed by atoms with E-state index in [4.69, 9.17) is 0 Å². The molecule has 0 radical (unpaired) electrons. The fourth-order valence-corrected chi connectivity index (χ4v) is 4.19. The number of unbranched alkanes of at least 4 members (excludes halogenated alkanes) is 5. The molecule has 1 atom stereocenters. The van der Waals surface area contributed by atoms with E-state index < -0.39 is 0 Å². The van der Waals surface area contributed by atoms with Gasteiger partial charge in [0.2, 0.25) is 0 Å². The monoisotopic (exact) mass is 295 g/mol. The molecular weight excluding hydrogens is 254 g/mol. The molecule has 0 aromatic carbocycles. The van der Waals surface area contributed by atoms with Gasteiger partial charge in [0.1, 0.15) is 0 Å². The van der Waals surface area contributed by atoms with Crippen LogP contribution in [0.4, 0.5) is 0 Å². The van der Waals surface area contributed by atoms with E-state index in [1.807, 2.05) is 0 Å². The Balaban J connectivity index is 2.36. The van der Waals surface area contributed by atoms with Crippen LogP contribution in [0.3, 0.4) is 0 Å². The number of nitrogens with zero attached hydrogens (tertiary/aromatic N) is 1. The molecule has 0 spiro atoms. The molecule has 0 bridgehead atoms. The van der Waals surface area contributed by atoms with E-state index in [9.17, 15) is 0 Å². The maximum atomic E-state index is 2.45. The second kappa shape index (κ2) is 11.5. The fraction of sp³-hybridized carbons (Fsp3) is 1.00. The lowest BCUT2D eigenvalue weighted by molar-refractivity contribution is 0.146. The Kier molecular flexibility index (Phi) is 10.4. The van der Waals surface area contributed by atoms with Crippen LogP contribution in [0.25, 0.3) is 0 Å². The van der Waals surface area contributed by atoms with Crippen LogP contribution < -0.4 is 0 Å². The predicted octanol–water partition coefficient (Wildman–Crippen LogP) is 6.27. The highest BCUT2D eigenvalue weighted by Gasteiger charge is 2.27. The molecule has 1 saturated carbocycles. The van der Waals surface area contributed by atoms with Gasteiger partial charge < -0.3 is 4.90 Å². The van der Waals surface area contributed by atoms with Gasteiger partial charge in [-0.15, -0.1) is 0 Å². The molecule has 1 aliphatic carbocycles. The van der Waals surface area contributed by atoms with Gasteiger partial charge in [0.15, 0.2) is 0 Å². The molecule has 0 aromatic rings. The van der Waals surface area contributed by atoms with Crippen molar-refractivity contribution in [3.05, 3.63) is 0 Å². The number of hydrogen-bond donors (Lipinski definition) is 0. The van der Waals surface area contributed by atoms with Gasteiger partial charge in [-0.05, 0) is 51.6 Å². The van der Waals surface area contributed by atoms with Crippen LogP contribution in [0.5, 0.6) is 0 Å². The summed E-state index contributed by atoms with van der Waals surface area (Å²) in [6.07, 6.45) is 18.9. The Morgan fingerprint density at radius 3 is 1.81 bits per heavy atom. The molecule has 1 rings (SSSR count). The minimum Gasteiger partial charge on any atom is -0.306 e. The summed E-state index contributed by atoms with van der Waals surface area (Å²) >= 11 is 0. The van der Waals surface area contributed by atoms with Gasteiger partial charge in [-0.3, -0.25) is 0 Å². The van der Waals surface area contributed by atoms with Gasteiger partial charge in [0.25, 0.3) is 0 Å². The minimum absolute atomic E-state index is 0.859. The maximum absolute atomic E-state index is 2.45. The van der Waals surface area contributed by atoms with E-state index in [1.165, 1.54) is 83.5 Å². The smallest absolute Gasteiger partial charge is 0.00893 e. The minimum atomic E-state index is 0.859. The van der Waals surface area contributed by atoms with Crippen LogP contribution in [0.1, 0.15) is 97.3 Å². The molecule has 21 heavy (non-hydrogen) atoms. The van der Waals surface area contributed by atoms with Crippen molar-refractivity contribution in [2.45, 2.75) is 103 Å². The molecular formula is C20H41N. The summed E-state index contributed by atoms with van der Waals surface area (Å²) in [5, 5.41) is 0. The van der Waals surface area contributed by atoms with Crippen molar-refractivity contribution >= 4 is 0 Å². The van der Waals surface area contributed by atoms with Crippen LogP contribution in [-0.2, 0) is 0 Å². The van der Waals surface area contributed by atoms with Crippen LogP contribution in [0.2, 0.25) is 0 Å². The maximum Gasteiger partial charge on any atom is 0.00893 e. The zero-order chi connectivity index (χ0) is 15.5. The predicted molar refractivity (Wildman–Crippen MR) is 95.8 cm³/mol. The molecule has 1 fully saturated rings. The molecule has 0 aliphatic heterocycles. The third-order valence-electron chi connectivity index (χ3n) is 5.75. The zero-order valence-corrected chi connectivity index (χ0v) is 15.4. The fourth-order valence-electron chi connectivity index (χ4n) is 4.19. The Hall–Kier alpha value is -0.0400. The summed E-state index contributed by atoms with van der Waals surface area (Å²) in [7, 11) is 4.52. The SMILES string of the molecule is CCCCCCC(CCCCC)C1CCC(N(C)C)CC1. The summed E-state index contributed by atoms with van der Waals surface area (Å²) in [5.41, 5.74) is 0. The van der Waals surface area contributed by atoms with E-state index >= 15 is 0 Å². The normalized spacial score (nSPS) is 24.4. The Morgan fingerprint density at radius 2 is 1.29 bits per heavy atom. The van der Waals surface area contributed by atoms with Crippen molar-refractivity contribution < 1.29 is 0 Å². The Bertz CT molecular complexity index is 228. The van der Waals surface area contributed by atoms with E-state index in [0.717, 1.165) is 17.9 Å². The van der Waals surface area contributed by atoms with Crippen LogP contribution in [0.15, 0.2) is 0 Å². The standard InChI is InChI=1S/C20H41N/c1-5-7-9-11-13-18(12-10-8-6-2)19-14-16-20(17-15-19)21(3)4/h18-20H,5-17H2,1-4H3. The van der Waals surface area contributed by atoms with Gasteiger partial charge in [0, 0.05) is 6.04 Å². The first-order valence-electron chi connectivity index (χ1n) is 9.85. The number of hydrogen-bond acceptors (Lipinski definition) is 1. The summed E-state index contributed by atoms with van der Waals surface area (Å²) in [6.45, 7) is 4.65. The van der Waals surface area contributed by atoms with E-state index in [2.05, 4.69) is 32.8 Å². The van der Waals surface area contributed by atoms with Crippen molar-refractivity contribution in [3.8, 4) is 0 Å². The summed E-state index contributed by atoms with van der Waals surface area (Å²) < 4.78 is 0. The topological polar surface area (TPSA) is 3.24 Å². The summed E-state index contributed by atoms with van der Waals surface area (Å²) in [5.74, 6) is 2.08. The third-order valence-corrected chi connectivity index (χ3v) is 5.75. The van der Waals surface area contributed by atoms with Crippen molar-refractivity contribution in [1.82, 2.24) is 4.90 Å². The van der Waals surface area contributed by atoms with Crippen molar-refractivity contribution in [1.29, 1.82) is 0 Å². The molecule has 0 aromatic heterocycles. The lowest BCUT2D eigenvalue weighted by atomic mass is 9.74. The highest BCUT2D eigenvalue weighted by Crippen LogP contribution is 2.36. The van der Waals surface area contributed by atoms with Gasteiger partial charge in [0.05, 0.1) is 0 Å². The van der Waals surface area contributed by atoms with Gasteiger partial charge in [-0.1, -0.05) is 71.6 Å². The molecule has 1 aliphatic rings. The molecule has 0 heterocycles. The quantitative estimate of drug-likeness (QED) is 0.406. The molecule has 1 unspecified atom stereocenters. The first kappa shape index (κ1) is 19.0. The highest BCUT2D eigenvalue weighted by molar-refractivity contribution is 4.81. The largest absolute Gasteiger partial charge is 0.306 e. The second-order valence-corrected chi connectivity index (χ2v) is 7.64. The zero-order valence-electron chi connectivity index (χ0n) is 15.4. The Labute approximate surface area is 134 Å². The lowest BCUT2D eigenvalue weighted by Crippen LogP contribution is -2.34. The highest BCUT2D eigenvalue weighted by atomic mass is 15.1. The van der Waals surface area contributed by atoms with Gasteiger partial charge >= 0.3 is 0 Å². The average Bonchev–Trinajstić information content (AvgIpc) is 2.50. The lowest BCUT2D eigenvalue weighted by Gasteiger charge is -2.36. The molecule has 0 N–H and O–H groups in total. The second-order valence-electron chi connectivity index (χ2n) is 7.64. The van der Waals surface area contributed by atoms with Crippen molar-refractivity contribution in [2.75, 3.05) is 14.1 Å². The van der Waals surface area contributed by atoms with E-state index in [-0.39, 0.29) is 0 Å². The first-order valence-corrected chi connectivity index (χ1v) is 9.85. The van der Waals surface area contributed by atoms with E-state index in [1.54, 1.807) is 0 Å². The summed E-state index contributed by atoms with van der Waals surface area (Å²) in [4.78, 5) is 2.45. The van der Waals surface area contributed by atoms with Crippen LogP contribution >= 0.6 is 0 Å². The molecule has 0 saturated heterocycles. The Morgan fingerprint density at radius 1 is 0.762 bits per heavy atom. The van der Waals surface area contributed by atoms with Crippen molar-refractivity contribution in [2.24, 2.45) is 11.8 Å². The molecule has 1 heteroatoms.